The molecule has 1 N–H and O–H groups in total. The third-order valence-corrected chi connectivity index (χ3v) is 3.29. The van der Waals surface area contributed by atoms with Crippen molar-refractivity contribution in [3.8, 4) is 0 Å². The van der Waals surface area contributed by atoms with Gasteiger partial charge in [-0.2, -0.15) is 0 Å². The Morgan fingerprint density at radius 1 is 1.27 bits per heavy atom. The molecule has 84 valence electrons. The van der Waals surface area contributed by atoms with Crippen LogP contribution in [0.3, 0.4) is 0 Å². The molecule has 1 aromatic rings. The monoisotopic (exact) mass is 317 g/mol. The third-order valence-electron chi connectivity index (χ3n) is 2.57. The van der Waals surface area contributed by atoms with E-state index in [2.05, 4.69) is 66.0 Å². The van der Waals surface area contributed by atoms with Crippen LogP contribution >= 0.6 is 22.6 Å². The summed E-state index contributed by atoms with van der Waals surface area (Å²) in [6.45, 7) is 5.50. The smallest absolute Gasteiger partial charge is 0.0130 e. The molecule has 0 fully saturated rings. The summed E-state index contributed by atoms with van der Waals surface area (Å²) in [5.74, 6) is 0. The lowest BCUT2D eigenvalue weighted by Gasteiger charge is -2.11. The van der Waals surface area contributed by atoms with Crippen LogP contribution in [-0.4, -0.2) is 12.6 Å². The van der Waals surface area contributed by atoms with Crippen molar-refractivity contribution in [2.45, 2.75) is 39.2 Å². The highest BCUT2D eigenvalue weighted by Gasteiger charge is 1.99. The second kappa shape index (κ2) is 7.23. The predicted molar refractivity (Wildman–Crippen MR) is 75.2 cm³/mol. The average molecular weight is 317 g/mol. The summed E-state index contributed by atoms with van der Waals surface area (Å²) in [5.41, 5.74) is 1.46. The normalized spacial score (nSPS) is 12.7. The van der Waals surface area contributed by atoms with E-state index in [0.717, 1.165) is 6.54 Å². The van der Waals surface area contributed by atoms with Crippen molar-refractivity contribution in [2.75, 3.05) is 6.54 Å². The van der Waals surface area contributed by atoms with E-state index < -0.39 is 0 Å². The molecule has 1 unspecified atom stereocenters. The van der Waals surface area contributed by atoms with Crippen molar-refractivity contribution in [3.05, 3.63) is 33.4 Å². The third kappa shape index (κ3) is 5.52. The highest BCUT2D eigenvalue weighted by molar-refractivity contribution is 14.1. The number of halogens is 1. The van der Waals surface area contributed by atoms with E-state index >= 15 is 0 Å². The van der Waals surface area contributed by atoms with E-state index in [0.29, 0.717) is 6.04 Å². The van der Waals surface area contributed by atoms with Gasteiger partial charge in [0.05, 0.1) is 0 Å². The van der Waals surface area contributed by atoms with Crippen molar-refractivity contribution >= 4 is 22.6 Å². The first-order chi connectivity index (χ1) is 7.22. The van der Waals surface area contributed by atoms with Crippen molar-refractivity contribution in [1.82, 2.24) is 5.32 Å². The topological polar surface area (TPSA) is 12.0 Å². The van der Waals surface area contributed by atoms with Crippen molar-refractivity contribution < 1.29 is 0 Å². The first-order valence-corrected chi connectivity index (χ1v) is 6.78. The summed E-state index contributed by atoms with van der Waals surface area (Å²) in [6, 6.07) is 9.49. The van der Waals surface area contributed by atoms with Gasteiger partial charge in [-0.25, -0.2) is 0 Å². The van der Waals surface area contributed by atoms with Gasteiger partial charge in [0.1, 0.15) is 0 Å². The Bertz CT molecular complexity index is 268. The molecule has 1 atom stereocenters. The molecule has 0 saturated carbocycles. The molecule has 1 aromatic carbocycles. The number of hydrogen-bond acceptors (Lipinski definition) is 1. The van der Waals surface area contributed by atoms with Gasteiger partial charge in [0.15, 0.2) is 0 Å². The maximum Gasteiger partial charge on any atom is 0.0130 e. The summed E-state index contributed by atoms with van der Waals surface area (Å²) in [6.07, 6.45) is 3.74. The highest BCUT2D eigenvalue weighted by atomic mass is 127. The lowest BCUT2D eigenvalue weighted by atomic mass is 10.1. The molecule has 0 aliphatic heterocycles. The van der Waals surface area contributed by atoms with Gasteiger partial charge in [-0.3, -0.25) is 0 Å². The van der Waals surface area contributed by atoms with E-state index in [1.807, 2.05) is 0 Å². The summed E-state index contributed by atoms with van der Waals surface area (Å²) < 4.78 is 1.32. The molecule has 0 aliphatic carbocycles. The van der Waals surface area contributed by atoms with Gasteiger partial charge < -0.3 is 5.32 Å². The Labute approximate surface area is 107 Å². The minimum Gasteiger partial charge on any atom is -0.315 e. The van der Waals surface area contributed by atoms with Crippen LogP contribution in [0.15, 0.2) is 24.3 Å². The van der Waals surface area contributed by atoms with Gasteiger partial charge >= 0.3 is 0 Å². The predicted octanol–water partition coefficient (Wildman–Crippen LogP) is 3.61. The SMILES string of the molecule is CCNC(C)CCCc1ccc(I)cc1. The molecule has 0 spiro atoms. The van der Waals surface area contributed by atoms with Crippen LogP contribution < -0.4 is 5.32 Å². The lowest BCUT2D eigenvalue weighted by Crippen LogP contribution is -2.25. The first kappa shape index (κ1) is 13.0. The maximum atomic E-state index is 3.44. The first-order valence-electron chi connectivity index (χ1n) is 5.70. The second-order valence-electron chi connectivity index (χ2n) is 3.98. The molecule has 1 nitrogen and oxygen atoms in total. The molecular weight excluding hydrogens is 297 g/mol. The zero-order valence-corrected chi connectivity index (χ0v) is 11.8. The number of hydrogen-bond donors (Lipinski definition) is 1. The molecule has 1 rings (SSSR count). The molecule has 0 amide bonds. The quantitative estimate of drug-likeness (QED) is 0.790. The van der Waals surface area contributed by atoms with E-state index in [4.69, 9.17) is 0 Å². The molecule has 2 heteroatoms. The number of rotatable bonds is 6. The van der Waals surface area contributed by atoms with Gasteiger partial charge in [-0.15, -0.1) is 0 Å². The Morgan fingerprint density at radius 3 is 2.53 bits per heavy atom. The summed E-state index contributed by atoms with van der Waals surface area (Å²) in [5, 5.41) is 3.44. The fourth-order valence-electron chi connectivity index (χ4n) is 1.71. The molecule has 15 heavy (non-hydrogen) atoms. The van der Waals surface area contributed by atoms with Crippen molar-refractivity contribution in [2.24, 2.45) is 0 Å². The number of benzene rings is 1. The molecule has 0 aliphatic rings. The highest BCUT2D eigenvalue weighted by Crippen LogP contribution is 2.10. The summed E-state index contributed by atoms with van der Waals surface area (Å²) in [7, 11) is 0. The van der Waals surface area contributed by atoms with Crippen LogP contribution in [0.4, 0.5) is 0 Å². The fraction of sp³-hybridized carbons (Fsp3) is 0.538. The molecule has 0 aromatic heterocycles. The second-order valence-corrected chi connectivity index (χ2v) is 5.22. The minimum absolute atomic E-state index is 0.652. The Balaban J connectivity index is 2.22. The zero-order chi connectivity index (χ0) is 11.1. The molecule has 0 saturated heterocycles. The number of nitrogens with one attached hydrogen (secondary N) is 1. The Hall–Kier alpha value is -0.0900. The van der Waals surface area contributed by atoms with Crippen LogP contribution in [0.5, 0.6) is 0 Å². The van der Waals surface area contributed by atoms with E-state index in [1.165, 1.54) is 28.4 Å². The van der Waals surface area contributed by atoms with Crippen LogP contribution in [-0.2, 0) is 6.42 Å². The van der Waals surface area contributed by atoms with Gasteiger partial charge in [-0.1, -0.05) is 19.1 Å². The standard InChI is InChI=1S/C13H20IN/c1-3-15-11(2)5-4-6-12-7-9-13(14)10-8-12/h7-11,15H,3-6H2,1-2H3. The molecule has 0 radical (unpaired) electrons. The summed E-state index contributed by atoms with van der Waals surface area (Å²) >= 11 is 2.35. The largest absolute Gasteiger partial charge is 0.315 e. The van der Waals surface area contributed by atoms with Gasteiger partial charge in [0.2, 0.25) is 0 Å². The van der Waals surface area contributed by atoms with Crippen LogP contribution in [0, 0.1) is 3.57 Å². The van der Waals surface area contributed by atoms with Gasteiger partial charge in [0, 0.05) is 9.61 Å². The number of aryl methyl sites for hydroxylation is 1. The zero-order valence-electron chi connectivity index (χ0n) is 9.59. The van der Waals surface area contributed by atoms with Gasteiger partial charge in [0.25, 0.3) is 0 Å². The molecule has 0 bridgehead atoms. The van der Waals surface area contributed by atoms with Crippen LogP contribution in [0.25, 0.3) is 0 Å². The van der Waals surface area contributed by atoms with Crippen LogP contribution in [0.1, 0.15) is 32.3 Å². The average Bonchev–Trinajstić information content (AvgIpc) is 2.21. The van der Waals surface area contributed by atoms with Gasteiger partial charge in [-0.05, 0) is 73.0 Å². The summed E-state index contributed by atoms with van der Waals surface area (Å²) in [4.78, 5) is 0. The van der Waals surface area contributed by atoms with E-state index in [9.17, 15) is 0 Å². The minimum atomic E-state index is 0.652. The fourth-order valence-corrected chi connectivity index (χ4v) is 2.07. The Kier molecular flexibility index (Phi) is 6.25. The lowest BCUT2D eigenvalue weighted by molar-refractivity contribution is 0.512. The van der Waals surface area contributed by atoms with E-state index in [1.54, 1.807) is 0 Å². The Morgan fingerprint density at radius 2 is 1.93 bits per heavy atom. The van der Waals surface area contributed by atoms with Crippen LogP contribution in [0.2, 0.25) is 0 Å². The van der Waals surface area contributed by atoms with E-state index in [-0.39, 0.29) is 0 Å². The van der Waals surface area contributed by atoms with Crippen molar-refractivity contribution in [3.63, 3.8) is 0 Å². The molecule has 0 heterocycles. The molecular formula is C13H20IN. The maximum absolute atomic E-state index is 3.44. The van der Waals surface area contributed by atoms with Crippen molar-refractivity contribution in [1.29, 1.82) is 0 Å².